The Kier molecular flexibility index (Phi) is 5.35. The molecule has 144 valence electrons. The van der Waals surface area contributed by atoms with Crippen molar-refractivity contribution in [3.05, 3.63) is 89.1 Å². The molecule has 0 aliphatic heterocycles. The second-order valence-corrected chi connectivity index (χ2v) is 7.62. The number of nitrogens with zero attached hydrogens (tertiary/aromatic N) is 2. The van der Waals surface area contributed by atoms with Crippen LogP contribution in [0.2, 0.25) is 0 Å². The first-order chi connectivity index (χ1) is 14.1. The van der Waals surface area contributed by atoms with Crippen molar-refractivity contribution in [1.29, 1.82) is 0 Å². The molecule has 5 nitrogen and oxygen atoms in total. The summed E-state index contributed by atoms with van der Waals surface area (Å²) in [4.78, 5) is 21.3. The molecular weight excluding hydrogens is 380 g/mol. The quantitative estimate of drug-likeness (QED) is 0.443. The molecule has 6 heteroatoms. The number of carbonyl (C=O) groups is 1. The number of rotatable bonds is 5. The van der Waals surface area contributed by atoms with E-state index >= 15 is 0 Å². The van der Waals surface area contributed by atoms with E-state index in [0.29, 0.717) is 5.56 Å². The topological polar surface area (TPSA) is 66.9 Å². The lowest BCUT2D eigenvalue weighted by Gasteiger charge is -2.11. The van der Waals surface area contributed by atoms with E-state index in [1.807, 2.05) is 73.8 Å². The first-order valence-corrected chi connectivity index (χ1v) is 10.1. The zero-order valence-corrected chi connectivity index (χ0v) is 17.0. The number of aromatic nitrogens is 2. The second kappa shape index (κ2) is 8.24. The van der Waals surface area contributed by atoms with Gasteiger partial charge in [0.2, 0.25) is 0 Å². The minimum absolute atomic E-state index is 0.128. The van der Waals surface area contributed by atoms with E-state index in [1.165, 1.54) is 11.3 Å². The summed E-state index contributed by atoms with van der Waals surface area (Å²) in [5.41, 5.74) is 6.25. The molecule has 0 atom stereocenters. The van der Waals surface area contributed by atoms with Crippen LogP contribution in [-0.4, -0.2) is 15.9 Å². The van der Waals surface area contributed by atoms with Crippen LogP contribution in [0.4, 0.5) is 16.5 Å². The molecule has 4 aromatic rings. The molecular formula is C23H20N4OS. The highest BCUT2D eigenvalue weighted by Gasteiger charge is 2.10. The number of nitrogens with one attached hydrogen (secondary N) is 2. The molecule has 2 N–H and O–H groups in total. The zero-order valence-electron chi connectivity index (χ0n) is 16.1. The Morgan fingerprint density at radius 2 is 1.93 bits per heavy atom. The smallest absolute Gasteiger partial charge is 0.255 e. The van der Waals surface area contributed by atoms with E-state index in [0.717, 1.165) is 38.9 Å². The number of amides is 1. The van der Waals surface area contributed by atoms with Gasteiger partial charge in [0.15, 0.2) is 5.13 Å². The summed E-state index contributed by atoms with van der Waals surface area (Å²) in [5, 5.41) is 9.11. The highest BCUT2D eigenvalue weighted by molar-refractivity contribution is 7.14. The molecule has 0 radical (unpaired) electrons. The normalized spacial score (nSPS) is 10.6. The Labute approximate surface area is 173 Å². The van der Waals surface area contributed by atoms with Crippen molar-refractivity contribution < 1.29 is 4.79 Å². The van der Waals surface area contributed by atoms with Crippen LogP contribution < -0.4 is 10.6 Å². The third-order valence-corrected chi connectivity index (χ3v) is 5.24. The van der Waals surface area contributed by atoms with Gasteiger partial charge >= 0.3 is 0 Å². The van der Waals surface area contributed by atoms with Crippen molar-refractivity contribution in [3.63, 3.8) is 0 Å². The number of thiazole rings is 1. The van der Waals surface area contributed by atoms with E-state index < -0.39 is 0 Å². The predicted octanol–water partition coefficient (Wildman–Crippen LogP) is 5.82. The molecule has 0 saturated carbocycles. The largest absolute Gasteiger partial charge is 0.331 e. The van der Waals surface area contributed by atoms with Crippen molar-refractivity contribution in [2.75, 3.05) is 10.6 Å². The minimum atomic E-state index is -0.128. The molecule has 2 aromatic carbocycles. The molecule has 2 aromatic heterocycles. The number of anilines is 3. The van der Waals surface area contributed by atoms with Crippen molar-refractivity contribution >= 4 is 33.8 Å². The van der Waals surface area contributed by atoms with Crippen LogP contribution in [0.25, 0.3) is 11.3 Å². The van der Waals surface area contributed by atoms with Gasteiger partial charge in [-0.2, -0.15) is 0 Å². The molecule has 0 spiro atoms. The van der Waals surface area contributed by atoms with Gasteiger partial charge in [0, 0.05) is 40.3 Å². The van der Waals surface area contributed by atoms with E-state index in [9.17, 15) is 4.79 Å². The minimum Gasteiger partial charge on any atom is -0.331 e. The van der Waals surface area contributed by atoms with E-state index in [2.05, 4.69) is 20.6 Å². The van der Waals surface area contributed by atoms with Crippen molar-refractivity contribution in [1.82, 2.24) is 9.97 Å². The Balaban J connectivity index is 1.52. The molecule has 0 fully saturated rings. The highest BCUT2D eigenvalue weighted by Crippen LogP contribution is 2.29. The van der Waals surface area contributed by atoms with Gasteiger partial charge in [-0.3, -0.25) is 9.78 Å². The molecule has 0 bridgehead atoms. The second-order valence-electron chi connectivity index (χ2n) is 6.76. The summed E-state index contributed by atoms with van der Waals surface area (Å²) >= 11 is 1.53. The number of benzene rings is 2. The Bertz CT molecular complexity index is 1150. The monoisotopic (exact) mass is 400 g/mol. The molecule has 2 heterocycles. The SMILES string of the molecule is Cc1cccc(C(=O)Nc2ccc(C)c(Nc3nc(-c4cccnc4)cs3)c2)c1. The molecule has 4 rings (SSSR count). The third-order valence-electron chi connectivity index (χ3n) is 4.48. The fraction of sp³-hybridized carbons (Fsp3) is 0.0870. The van der Waals surface area contributed by atoms with Crippen molar-refractivity contribution in [2.24, 2.45) is 0 Å². The average Bonchev–Trinajstić information content (AvgIpc) is 3.20. The summed E-state index contributed by atoms with van der Waals surface area (Å²) in [6.45, 7) is 3.99. The fourth-order valence-electron chi connectivity index (χ4n) is 2.92. The van der Waals surface area contributed by atoms with Gasteiger partial charge in [-0.25, -0.2) is 4.98 Å². The van der Waals surface area contributed by atoms with Crippen molar-refractivity contribution in [2.45, 2.75) is 13.8 Å². The molecule has 1 amide bonds. The number of hydrogen-bond donors (Lipinski definition) is 2. The molecule has 0 aliphatic carbocycles. The summed E-state index contributed by atoms with van der Waals surface area (Å²) in [6.07, 6.45) is 3.54. The highest BCUT2D eigenvalue weighted by atomic mass is 32.1. The van der Waals surface area contributed by atoms with Gasteiger partial charge in [-0.15, -0.1) is 11.3 Å². The van der Waals surface area contributed by atoms with Crippen LogP contribution in [0.5, 0.6) is 0 Å². The molecule has 29 heavy (non-hydrogen) atoms. The lowest BCUT2D eigenvalue weighted by molar-refractivity contribution is 0.102. The van der Waals surface area contributed by atoms with Gasteiger partial charge in [-0.05, 0) is 55.8 Å². The summed E-state index contributed by atoms with van der Waals surface area (Å²) < 4.78 is 0. The van der Waals surface area contributed by atoms with Gasteiger partial charge in [0.25, 0.3) is 5.91 Å². The fourth-order valence-corrected chi connectivity index (χ4v) is 3.65. The van der Waals surface area contributed by atoms with Crippen molar-refractivity contribution in [3.8, 4) is 11.3 Å². The molecule has 0 saturated heterocycles. The van der Waals surface area contributed by atoms with Crippen LogP contribution in [0.1, 0.15) is 21.5 Å². The van der Waals surface area contributed by atoms with Gasteiger partial charge in [0.1, 0.15) is 0 Å². The maximum atomic E-state index is 12.5. The molecule has 0 unspecified atom stereocenters. The van der Waals surface area contributed by atoms with Gasteiger partial charge in [0.05, 0.1) is 5.69 Å². The predicted molar refractivity (Wildman–Crippen MR) is 119 cm³/mol. The maximum Gasteiger partial charge on any atom is 0.255 e. The lowest BCUT2D eigenvalue weighted by Crippen LogP contribution is -2.12. The third kappa shape index (κ3) is 4.50. The van der Waals surface area contributed by atoms with Gasteiger partial charge < -0.3 is 10.6 Å². The molecule has 0 aliphatic rings. The summed E-state index contributed by atoms with van der Waals surface area (Å²) in [7, 11) is 0. The zero-order chi connectivity index (χ0) is 20.2. The number of carbonyl (C=O) groups excluding carboxylic acids is 1. The van der Waals surface area contributed by atoms with E-state index in [4.69, 9.17) is 0 Å². The Morgan fingerprint density at radius 3 is 2.72 bits per heavy atom. The number of hydrogen-bond acceptors (Lipinski definition) is 5. The van der Waals surface area contributed by atoms with Crippen LogP contribution in [0, 0.1) is 13.8 Å². The van der Waals surface area contributed by atoms with Crippen LogP contribution in [0.3, 0.4) is 0 Å². The number of aryl methyl sites for hydroxylation is 2. The standard InChI is InChI=1S/C23H20N4OS/c1-15-5-3-6-17(11-15)22(28)25-19-9-8-16(2)20(12-19)26-23-27-21(14-29-23)18-7-4-10-24-13-18/h3-14H,1-2H3,(H,25,28)(H,26,27). The van der Waals surface area contributed by atoms with E-state index in [1.54, 1.807) is 12.4 Å². The average molecular weight is 401 g/mol. The summed E-state index contributed by atoms with van der Waals surface area (Å²) in [6, 6.07) is 17.2. The first-order valence-electron chi connectivity index (χ1n) is 9.20. The number of pyridine rings is 1. The van der Waals surface area contributed by atoms with E-state index in [-0.39, 0.29) is 5.91 Å². The van der Waals surface area contributed by atoms with Gasteiger partial charge in [-0.1, -0.05) is 23.8 Å². The maximum absolute atomic E-state index is 12.5. The first kappa shape index (κ1) is 18.8. The lowest BCUT2D eigenvalue weighted by atomic mass is 10.1. The Hall–Kier alpha value is -3.51. The Morgan fingerprint density at radius 1 is 1.03 bits per heavy atom. The van der Waals surface area contributed by atoms with Crippen LogP contribution in [-0.2, 0) is 0 Å². The van der Waals surface area contributed by atoms with Crippen LogP contribution >= 0.6 is 11.3 Å². The van der Waals surface area contributed by atoms with Crippen LogP contribution in [0.15, 0.2) is 72.4 Å². The summed E-state index contributed by atoms with van der Waals surface area (Å²) in [5.74, 6) is -0.128.